The van der Waals surface area contributed by atoms with Crippen molar-refractivity contribution in [1.82, 2.24) is 0 Å². The monoisotopic (exact) mass is 244 g/mol. The van der Waals surface area contributed by atoms with E-state index in [1.165, 1.54) is 32.1 Å². The van der Waals surface area contributed by atoms with E-state index >= 15 is 0 Å². The molecule has 0 saturated heterocycles. The van der Waals surface area contributed by atoms with Crippen molar-refractivity contribution < 1.29 is 4.39 Å². The molecule has 1 rings (SSSR count). The zero-order valence-electron chi connectivity index (χ0n) is 12.6. The van der Waals surface area contributed by atoms with Gasteiger partial charge in [-0.15, -0.1) is 0 Å². The van der Waals surface area contributed by atoms with Crippen LogP contribution in [0.5, 0.6) is 0 Å². The SMILES string of the molecule is CC1CCC(C)C(F)C1.CCCCC(C)CC. The summed E-state index contributed by atoms with van der Waals surface area (Å²) < 4.78 is 12.8. The first-order valence-electron chi connectivity index (χ1n) is 7.65. The molecule has 1 heteroatoms. The third-order valence-electron chi connectivity index (χ3n) is 4.11. The molecule has 0 amide bonds. The summed E-state index contributed by atoms with van der Waals surface area (Å²) in [6.07, 6.45) is 8.12. The highest BCUT2D eigenvalue weighted by Crippen LogP contribution is 2.30. The fraction of sp³-hybridized carbons (Fsp3) is 1.00. The van der Waals surface area contributed by atoms with Gasteiger partial charge in [-0.2, -0.15) is 0 Å². The molecule has 1 saturated carbocycles. The van der Waals surface area contributed by atoms with Gasteiger partial charge in [0.25, 0.3) is 0 Å². The van der Waals surface area contributed by atoms with E-state index in [0.29, 0.717) is 11.8 Å². The maximum Gasteiger partial charge on any atom is 0.103 e. The van der Waals surface area contributed by atoms with E-state index in [1.807, 2.05) is 6.92 Å². The lowest BCUT2D eigenvalue weighted by atomic mass is 9.83. The van der Waals surface area contributed by atoms with Crippen LogP contribution in [0, 0.1) is 17.8 Å². The molecule has 1 fully saturated rings. The summed E-state index contributed by atoms with van der Waals surface area (Å²) in [6, 6.07) is 0. The highest BCUT2D eigenvalue weighted by atomic mass is 19.1. The molecule has 4 unspecified atom stereocenters. The molecule has 0 heterocycles. The molecule has 1 aliphatic carbocycles. The maximum absolute atomic E-state index is 12.8. The van der Waals surface area contributed by atoms with Crippen LogP contribution in [0.3, 0.4) is 0 Å². The summed E-state index contributed by atoms with van der Waals surface area (Å²) >= 11 is 0. The highest BCUT2D eigenvalue weighted by molar-refractivity contribution is 4.74. The molecule has 1 aliphatic rings. The van der Waals surface area contributed by atoms with Gasteiger partial charge in [0.2, 0.25) is 0 Å². The predicted molar refractivity (Wildman–Crippen MR) is 76.1 cm³/mol. The van der Waals surface area contributed by atoms with Crippen LogP contribution in [-0.2, 0) is 0 Å². The van der Waals surface area contributed by atoms with Crippen LogP contribution < -0.4 is 0 Å². The average molecular weight is 244 g/mol. The highest BCUT2D eigenvalue weighted by Gasteiger charge is 2.24. The van der Waals surface area contributed by atoms with E-state index in [9.17, 15) is 4.39 Å². The van der Waals surface area contributed by atoms with Gasteiger partial charge in [-0.25, -0.2) is 4.39 Å². The molecule has 104 valence electrons. The molecule has 0 bridgehead atoms. The van der Waals surface area contributed by atoms with Crippen LogP contribution >= 0.6 is 0 Å². The first kappa shape index (κ1) is 16.9. The Morgan fingerprint density at radius 3 is 2.24 bits per heavy atom. The molecular weight excluding hydrogens is 211 g/mol. The first-order valence-corrected chi connectivity index (χ1v) is 7.65. The summed E-state index contributed by atoms with van der Waals surface area (Å²) in [5, 5.41) is 0. The Balaban J connectivity index is 0.000000304. The van der Waals surface area contributed by atoms with Gasteiger partial charge >= 0.3 is 0 Å². The van der Waals surface area contributed by atoms with Gasteiger partial charge in [0.15, 0.2) is 0 Å². The Morgan fingerprint density at radius 1 is 1.18 bits per heavy atom. The van der Waals surface area contributed by atoms with E-state index in [4.69, 9.17) is 0 Å². The van der Waals surface area contributed by atoms with Gasteiger partial charge < -0.3 is 0 Å². The van der Waals surface area contributed by atoms with Gasteiger partial charge in [-0.1, -0.05) is 66.7 Å². The molecule has 0 radical (unpaired) electrons. The second kappa shape index (κ2) is 9.91. The van der Waals surface area contributed by atoms with Crippen molar-refractivity contribution in [3.8, 4) is 0 Å². The lowest BCUT2D eigenvalue weighted by Gasteiger charge is -2.26. The molecule has 17 heavy (non-hydrogen) atoms. The zero-order chi connectivity index (χ0) is 13.3. The summed E-state index contributed by atoms with van der Waals surface area (Å²) in [5.74, 6) is 1.90. The van der Waals surface area contributed by atoms with Crippen molar-refractivity contribution in [2.24, 2.45) is 17.8 Å². The van der Waals surface area contributed by atoms with Gasteiger partial charge in [0.1, 0.15) is 6.17 Å². The molecule has 0 aromatic carbocycles. The van der Waals surface area contributed by atoms with Crippen molar-refractivity contribution >= 4 is 0 Å². The summed E-state index contributed by atoms with van der Waals surface area (Å²) in [4.78, 5) is 0. The summed E-state index contributed by atoms with van der Waals surface area (Å²) in [6.45, 7) is 11.0. The second-order valence-corrected chi connectivity index (χ2v) is 6.07. The number of alkyl halides is 1. The Bertz CT molecular complexity index is 167. The van der Waals surface area contributed by atoms with Gasteiger partial charge in [0, 0.05) is 0 Å². The molecular formula is C16H33F. The van der Waals surface area contributed by atoms with Crippen molar-refractivity contribution in [3.05, 3.63) is 0 Å². The minimum atomic E-state index is -0.520. The van der Waals surface area contributed by atoms with Crippen LogP contribution in [-0.4, -0.2) is 6.17 Å². The van der Waals surface area contributed by atoms with E-state index in [0.717, 1.165) is 18.8 Å². The smallest absolute Gasteiger partial charge is 0.103 e. The Morgan fingerprint density at radius 2 is 1.82 bits per heavy atom. The maximum atomic E-state index is 12.8. The van der Waals surface area contributed by atoms with E-state index in [2.05, 4.69) is 27.7 Å². The van der Waals surface area contributed by atoms with Gasteiger partial charge in [-0.3, -0.25) is 0 Å². The number of unbranched alkanes of at least 4 members (excludes halogenated alkanes) is 1. The molecule has 0 N–H and O–H groups in total. The van der Waals surface area contributed by atoms with Crippen LogP contribution in [0.15, 0.2) is 0 Å². The van der Waals surface area contributed by atoms with Gasteiger partial charge in [-0.05, 0) is 30.6 Å². The average Bonchev–Trinajstić information content (AvgIpc) is 2.32. The molecule has 0 nitrogen and oxygen atoms in total. The Hall–Kier alpha value is -0.0700. The third-order valence-corrected chi connectivity index (χ3v) is 4.11. The zero-order valence-corrected chi connectivity index (χ0v) is 12.6. The van der Waals surface area contributed by atoms with E-state index < -0.39 is 6.17 Å². The molecule has 0 aromatic heterocycles. The number of halogens is 1. The summed E-state index contributed by atoms with van der Waals surface area (Å²) in [7, 11) is 0. The number of rotatable bonds is 4. The van der Waals surface area contributed by atoms with Crippen LogP contribution in [0.25, 0.3) is 0 Å². The minimum absolute atomic E-state index is 0.321. The summed E-state index contributed by atoms with van der Waals surface area (Å²) in [5.41, 5.74) is 0. The Kier molecular flexibility index (Phi) is 9.87. The van der Waals surface area contributed by atoms with Crippen LogP contribution in [0.2, 0.25) is 0 Å². The number of hydrogen-bond donors (Lipinski definition) is 0. The lowest BCUT2D eigenvalue weighted by Crippen LogP contribution is -2.22. The molecule has 0 spiro atoms. The topological polar surface area (TPSA) is 0 Å². The molecule has 4 atom stereocenters. The predicted octanol–water partition coefficient (Wildman–Crippen LogP) is 6.00. The fourth-order valence-electron chi connectivity index (χ4n) is 2.22. The minimum Gasteiger partial charge on any atom is -0.247 e. The normalized spacial score (nSPS) is 30.4. The quantitative estimate of drug-likeness (QED) is 0.568. The second-order valence-electron chi connectivity index (χ2n) is 6.07. The lowest BCUT2D eigenvalue weighted by molar-refractivity contribution is 0.145. The Labute approximate surface area is 108 Å². The first-order chi connectivity index (χ1) is 8.01. The van der Waals surface area contributed by atoms with E-state index in [1.54, 1.807) is 0 Å². The van der Waals surface area contributed by atoms with Crippen molar-refractivity contribution in [3.63, 3.8) is 0 Å². The van der Waals surface area contributed by atoms with Crippen LogP contribution in [0.1, 0.15) is 79.6 Å². The number of hydrogen-bond acceptors (Lipinski definition) is 0. The van der Waals surface area contributed by atoms with Gasteiger partial charge in [0.05, 0.1) is 0 Å². The van der Waals surface area contributed by atoms with Crippen molar-refractivity contribution in [2.75, 3.05) is 0 Å². The molecule has 0 aliphatic heterocycles. The van der Waals surface area contributed by atoms with Crippen molar-refractivity contribution in [2.45, 2.75) is 85.7 Å². The standard InChI is InChI=1S/C8H15F.C8H18/c1-6-3-4-7(2)8(9)5-6;1-4-6-7-8(3)5-2/h6-8H,3-5H2,1-2H3;8H,4-7H2,1-3H3. The third kappa shape index (κ3) is 8.63. The van der Waals surface area contributed by atoms with E-state index in [-0.39, 0.29) is 0 Å². The fourth-order valence-corrected chi connectivity index (χ4v) is 2.22. The van der Waals surface area contributed by atoms with Crippen LogP contribution in [0.4, 0.5) is 4.39 Å². The largest absolute Gasteiger partial charge is 0.247 e. The molecule has 0 aromatic rings. The van der Waals surface area contributed by atoms with Crippen molar-refractivity contribution in [1.29, 1.82) is 0 Å².